The molecule has 0 saturated carbocycles. The zero-order valence-corrected chi connectivity index (χ0v) is 16.1. The van der Waals surface area contributed by atoms with E-state index in [9.17, 15) is 14.4 Å². The molecule has 7 nitrogen and oxygen atoms in total. The number of hydrogen-bond donors (Lipinski definition) is 1. The van der Waals surface area contributed by atoms with E-state index in [0.29, 0.717) is 44.2 Å². The highest BCUT2D eigenvalue weighted by molar-refractivity contribution is 6.31. The van der Waals surface area contributed by atoms with Gasteiger partial charge in [0.2, 0.25) is 11.8 Å². The smallest absolute Gasteiger partial charge is 0.320 e. The predicted octanol–water partition coefficient (Wildman–Crippen LogP) is 1.71. The highest BCUT2D eigenvalue weighted by Gasteiger charge is 2.30. The minimum absolute atomic E-state index is 0.0561. The molecule has 8 heteroatoms. The summed E-state index contributed by atoms with van der Waals surface area (Å²) in [6, 6.07) is 7.30. The third-order valence-corrected chi connectivity index (χ3v) is 5.30. The number of halogens is 1. The Morgan fingerprint density at radius 2 is 1.85 bits per heavy atom. The monoisotopic (exact) mass is 392 g/mol. The molecule has 0 aliphatic carbocycles. The number of likely N-dealkylation sites (tertiary alicyclic amines) is 1. The van der Waals surface area contributed by atoms with Crippen molar-refractivity contribution in [2.24, 2.45) is 0 Å². The third-order valence-electron chi connectivity index (χ3n) is 4.93. The largest absolute Gasteiger partial charge is 0.354 e. The van der Waals surface area contributed by atoms with E-state index in [0.717, 1.165) is 24.9 Å². The van der Waals surface area contributed by atoms with Crippen LogP contribution in [0.2, 0.25) is 5.02 Å². The van der Waals surface area contributed by atoms with Crippen molar-refractivity contribution in [2.75, 3.05) is 39.3 Å². The van der Waals surface area contributed by atoms with Gasteiger partial charge in [0, 0.05) is 50.7 Å². The molecule has 2 fully saturated rings. The number of amides is 4. The summed E-state index contributed by atoms with van der Waals surface area (Å²) in [6.07, 6.45) is 2.28. The summed E-state index contributed by atoms with van der Waals surface area (Å²) >= 11 is 6.16. The first-order valence-corrected chi connectivity index (χ1v) is 9.74. The summed E-state index contributed by atoms with van der Waals surface area (Å²) in [4.78, 5) is 41.2. The number of nitrogens with zero attached hydrogens (tertiary/aromatic N) is 3. The Morgan fingerprint density at radius 3 is 2.59 bits per heavy atom. The van der Waals surface area contributed by atoms with Gasteiger partial charge in [-0.15, -0.1) is 0 Å². The molecular weight excluding hydrogens is 368 g/mol. The second kappa shape index (κ2) is 9.08. The fourth-order valence-corrected chi connectivity index (χ4v) is 3.62. The van der Waals surface area contributed by atoms with Gasteiger partial charge in [-0.25, -0.2) is 4.79 Å². The predicted molar refractivity (Wildman–Crippen MR) is 102 cm³/mol. The lowest BCUT2D eigenvalue weighted by Crippen LogP contribution is -2.40. The van der Waals surface area contributed by atoms with Crippen molar-refractivity contribution in [3.8, 4) is 0 Å². The lowest BCUT2D eigenvalue weighted by molar-refractivity contribution is -0.127. The van der Waals surface area contributed by atoms with E-state index in [-0.39, 0.29) is 24.4 Å². The van der Waals surface area contributed by atoms with Gasteiger partial charge in [-0.05, 0) is 24.5 Å². The molecule has 0 radical (unpaired) electrons. The lowest BCUT2D eigenvalue weighted by atomic mass is 10.2. The van der Waals surface area contributed by atoms with Crippen LogP contribution in [0.3, 0.4) is 0 Å². The molecule has 3 rings (SSSR count). The summed E-state index contributed by atoms with van der Waals surface area (Å²) in [6.45, 7) is 3.60. The van der Waals surface area contributed by atoms with Gasteiger partial charge in [0.1, 0.15) is 6.54 Å². The summed E-state index contributed by atoms with van der Waals surface area (Å²) in [7, 11) is 0. The molecule has 1 aromatic rings. The number of hydrogen-bond acceptors (Lipinski definition) is 3. The van der Waals surface area contributed by atoms with Gasteiger partial charge in [-0.1, -0.05) is 29.8 Å². The molecule has 2 heterocycles. The normalized spacial score (nSPS) is 17.1. The fraction of sp³-hybridized carbons (Fsp3) is 0.526. The summed E-state index contributed by atoms with van der Waals surface area (Å²) in [5, 5.41) is 3.47. The molecule has 0 aromatic heterocycles. The molecule has 0 spiro atoms. The summed E-state index contributed by atoms with van der Waals surface area (Å²) in [5.74, 6) is 0.0262. The van der Waals surface area contributed by atoms with Crippen molar-refractivity contribution in [2.45, 2.75) is 25.8 Å². The molecule has 27 heavy (non-hydrogen) atoms. The molecule has 0 bridgehead atoms. The number of rotatable bonds is 8. The zero-order chi connectivity index (χ0) is 19.2. The van der Waals surface area contributed by atoms with Crippen LogP contribution in [0.5, 0.6) is 0 Å². The van der Waals surface area contributed by atoms with Crippen molar-refractivity contribution < 1.29 is 14.4 Å². The van der Waals surface area contributed by atoms with E-state index >= 15 is 0 Å². The number of carbonyl (C=O) groups is 3. The van der Waals surface area contributed by atoms with Crippen molar-refractivity contribution in [1.82, 2.24) is 20.0 Å². The van der Waals surface area contributed by atoms with Crippen LogP contribution in [0.15, 0.2) is 24.3 Å². The van der Waals surface area contributed by atoms with Crippen LogP contribution in [0.4, 0.5) is 4.79 Å². The first-order valence-electron chi connectivity index (χ1n) is 9.36. The second-order valence-electron chi connectivity index (χ2n) is 6.90. The van der Waals surface area contributed by atoms with Crippen molar-refractivity contribution in [3.05, 3.63) is 34.9 Å². The SMILES string of the molecule is O=C(CN1CCN(Cc2ccccc2Cl)C1=O)NCCCN1CCCC1=O. The Balaban J connectivity index is 1.38. The van der Waals surface area contributed by atoms with Crippen molar-refractivity contribution >= 4 is 29.4 Å². The number of urea groups is 1. The number of benzene rings is 1. The van der Waals surface area contributed by atoms with Crippen LogP contribution in [0.25, 0.3) is 0 Å². The Labute approximate surface area is 164 Å². The van der Waals surface area contributed by atoms with Crippen LogP contribution < -0.4 is 5.32 Å². The molecule has 0 atom stereocenters. The number of carbonyl (C=O) groups excluding carboxylic acids is 3. The van der Waals surface area contributed by atoms with Gasteiger partial charge in [-0.3, -0.25) is 9.59 Å². The molecule has 146 valence electrons. The van der Waals surface area contributed by atoms with E-state index in [2.05, 4.69) is 5.32 Å². The Bertz CT molecular complexity index is 712. The van der Waals surface area contributed by atoms with Crippen molar-refractivity contribution in [3.63, 3.8) is 0 Å². The van der Waals surface area contributed by atoms with E-state index < -0.39 is 0 Å². The van der Waals surface area contributed by atoms with Gasteiger partial charge in [0.25, 0.3) is 0 Å². The van der Waals surface area contributed by atoms with Crippen LogP contribution in [0.1, 0.15) is 24.8 Å². The molecule has 0 unspecified atom stereocenters. The van der Waals surface area contributed by atoms with Gasteiger partial charge in [0.15, 0.2) is 0 Å². The minimum Gasteiger partial charge on any atom is -0.354 e. The molecule has 2 aliphatic rings. The van der Waals surface area contributed by atoms with Gasteiger partial charge >= 0.3 is 6.03 Å². The van der Waals surface area contributed by atoms with Crippen molar-refractivity contribution in [1.29, 1.82) is 0 Å². The Hall–Kier alpha value is -2.28. The van der Waals surface area contributed by atoms with Gasteiger partial charge < -0.3 is 20.0 Å². The quantitative estimate of drug-likeness (QED) is 0.684. The molecule has 1 N–H and O–H groups in total. The van der Waals surface area contributed by atoms with E-state index in [1.54, 1.807) is 15.9 Å². The highest BCUT2D eigenvalue weighted by atomic mass is 35.5. The standard InChI is InChI=1S/C19H25ClN4O3/c20-16-6-2-1-5-15(16)13-23-11-12-24(19(23)27)14-17(25)21-8-4-10-22-9-3-7-18(22)26/h1-2,5-6H,3-4,7-14H2,(H,21,25). The number of nitrogens with one attached hydrogen (secondary N) is 1. The fourth-order valence-electron chi connectivity index (χ4n) is 3.43. The van der Waals surface area contributed by atoms with E-state index in [1.165, 1.54) is 0 Å². The van der Waals surface area contributed by atoms with Crippen LogP contribution in [-0.2, 0) is 16.1 Å². The average Bonchev–Trinajstić information content (AvgIpc) is 3.21. The lowest BCUT2D eigenvalue weighted by Gasteiger charge is -2.19. The van der Waals surface area contributed by atoms with E-state index in [1.807, 2.05) is 23.1 Å². The molecule has 2 aliphatic heterocycles. The molecule has 4 amide bonds. The minimum atomic E-state index is -0.171. The molecule has 2 saturated heterocycles. The first kappa shape index (κ1) is 19.5. The Morgan fingerprint density at radius 1 is 1.07 bits per heavy atom. The average molecular weight is 393 g/mol. The maximum absolute atomic E-state index is 12.5. The van der Waals surface area contributed by atoms with E-state index in [4.69, 9.17) is 11.6 Å². The second-order valence-corrected chi connectivity index (χ2v) is 7.31. The highest BCUT2D eigenvalue weighted by Crippen LogP contribution is 2.19. The Kier molecular flexibility index (Phi) is 6.55. The van der Waals surface area contributed by atoms with Crippen LogP contribution in [0, 0.1) is 0 Å². The van der Waals surface area contributed by atoms with Crippen LogP contribution in [-0.4, -0.2) is 71.8 Å². The maximum atomic E-state index is 12.5. The summed E-state index contributed by atoms with van der Waals surface area (Å²) < 4.78 is 0. The topological polar surface area (TPSA) is 73.0 Å². The summed E-state index contributed by atoms with van der Waals surface area (Å²) in [5.41, 5.74) is 0.898. The van der Waals surface area contributed by atoms with Gasteiger partial charge in [0.05, 0.1) is 0 Å². The zero-order valence-electron chi connectivity index (χ0n) is 15.3. The maximum Gasteiger partial charge on any atom is 0.320 e. The van der Waals surface area contributed by atoms with Gasteiger partial charge in [-0.2, -0.15) is 0 Å². The third kappa shape index (κ3) is 5.13. The molecule has 1 aromatic carbocycles. The molecular formula is C19H25ClN4O3. The first-order chi connectivity index (χ1) is 13.0. The van der Waals surface area contributed by atoms with Crippen LogP contribution >= 0.6 is 11.6 Å².